The van der Waals surface area contributed by atoms with Gasteiger partial charge < -0.3 is 9.84 Å². The van der Waals surface area contributed by atoms with Gasteiger partial charge in [0.25, 0.3) is 0 Å². The van der Waals surface area contributed by atoms with Crippen molar-refractivity contribution in [2.45, 2.75) is 31.0 Å². The zero-order valence-electron chi connectivity index (χ0n) is 19.4. The lowest BCUT2D eigenvalue weighted by molar-refractivity contribution is -0.298. The summed E-state index contributed by atoms with van der Waals surface area (Å²) in [5.41, 5.74) is -2.64. The van der Waals surface area contributed by atoms with E-state index in [1.54, 1.807) is 0 Å². The van der Waals surface area contributed by atoms with Crippen LogP contribution in [-0.4, -0.2) is 49.4 Å². The van der Waals surface area contributed by atoms with Gasteiger partial charge in [-0.15, -0.1) is 0 Å². The van der Waals surface area contributed by atoms with Gasteiger partial charge in [0.1, 0.15) is 73.4 Å². The van der Waals surface area contributed by atoms with Gasteiger partial charge in [-0.2, -0.15) is 15.3 Å². The van der Waals surface area contributed by atoms with Gasteiger partial charge in [-0.25, -0.2) is 46.6 Å². The first-order valence-corrected chi connectivity index (χ1v) is 11.1. The highest BCUT2D eigenvalue weighted by atomic mass is 19.1. The van der Waals surface area contributed by atoms with Crippen LogP contribution in [0.4, 0.5) is 17.6 Å². The Bertz CT molecular complexity index is 1460. The molecular weight excluding hydrogens is 510 g/mol. The number of hydrogen-bond acceptors (Lipinski definition) is 8. The number of halogens is 4. The molecule has 2 aromatic carbocycles. The van der Waals surface area contributed by atoms with Gasteiger partial charge in [0.2, 0.25) is 5.79 Å². The van der Waals surface area contributed by atoms with Gasteiger partial charge in [0, 0.05) is 23.3 Å². The third kappa shape index (κ3) is 5.14. The number of benzene rings is 2. The van der Waals surface area contributed by atoms with Crippen molar-refractivity contribution in [3.63, 3.8) is 0 Å². The third-order valence-corrected chi connectivity index (χ3v) is 5.75. The van der Waals surface area contributed by atoms with Gasteiger partial charge in [-0.05, 0) is 18.2 Å². The molecular formula is C23H19F4N9O2. The molecule has 0 radical (unpaired) electrons. The number of ether oxygens (including phenoxy) is 1. The summed E-state index contributed by atoms with van der Waals surface area (Å²) in [5, 5.41) is 24.0. The molecule has 3 heterocycles. The van der Waals surface area contributed by atoms with Crippen molar-refractivity contribution in [3.8, 4) is 0 Å². The highest BCUT2D eigenvalue weighted by Crippen LogP contribution is 2.40. The molecule has 1 atom stereocenters. The summed E-state index contributed by atoms with van der Waals surface area (Å²) in [6.45, 7) is -1.16. The number of aromatic nitrogens is 9. The Hall–Kier alpha value is -4.50. The quantitative estimate of drug-likeness (QED) is 0.216. The van der Waals surface area contributed by atoms with Crippen LogP contribution in [0.5, 0.6) is 0 Å². The van der Waals surface area contributed by atoms with Crippen molar-refractivity contribution in [1.82, 2.24) is 44.3 Å². The number of rotatable bonds is 10. The van der Waals surface area contributed by atoms with Gasteiger partial charge in [0.15, 0.2) is 0 Å². The van der Waals surface area contributed by atoms with E-state index in [4.69, 9.17) is 4.74 Å². The van der Waals surface area contributed by atoms with Crippen LogP contribution >= 0.6 is 0 Å². The van der Waals surface area contributed by atoms with Gasteiger partial charge in [-0.1, -0.05) is 6.07 Å². The monoisotopic (exact) mass is 529 g/mol. The lowest BCUT2D eigenvalue weighted by Gasteiger charge is -2.41. The molecule has 0 aliphatic rings. The molecule has 5 aromatic rings. The Morgan fingerprint density at radius 3 is 1.53 bits per heavy atom. The third-order valence-electron chi connectivity index (χ3n) is 5.75. The zero-order chi connectivity index (χ0) is 26.8. The minimum atomic E-state index is -2.60. The molecule has 0 amide bonds. The van der Waals surface area contributed by atoms with Crippen molar-refractivity contribution in [2.24, 2.45) is 0 Å². The summed E-state index contributed by atoms with van der Waals surface area (Å²) in [5.74, 6) is -6.51. The number of hydrogen-bond donors (Lipinski definition) is 1. The van der Waals surface area contributed by atoms with E-state index in [1.165, 1.54) is 47.3 Å². The fraction of sp³-hybridized carbons (Fsp3) is 0.217. The molecule has 0 spiro atoms. The molecule has 0 aliphatic carbocycles. The van der Waals surface area contributed by atoms with Gasteiger partial charge >= 0.3 is 0 Å². The SMILES string of the molecule is OC(Cn1cncn1)(OC(Cn1cncn1)(Cn1cncn1)c1ccc(F)cc1F)c1ccc(F)cc1F. The van der Waals surface area contributed by atoms with E-state index < -0.39 is 46.8 Å². The van der Waals surface area contributed by atoms with Crippen molar-refractivity contribution >= 4 is 0 Å². The molecule has 0 saturated carbocycles. The van der Waals surface area contributed by atoms with Crippen LogP contribution in [0.2, 0.25) is 0 Å². The summed E-state index contributed by atoms with van der Waals surface area (Å²) < 4.78 is 68.4. The van der Waals surface area contributed by atoms with E-state index in [1.807, 2.05) is 0 Å². The molecule has 38 heavy (non-hydrogen) atoms. The van der Waals surface area contributed by atoms with E-state index in [-0.39, 0.29) is 18.7 Å². The summed E-state index contributed by atoms with van der Waals surface area (Å²) in [6.07, 6.45) is 7.50. The second kappa shape index (κ2) is 10.1. The van der Waals surface area contributed by atoms with Crippen LogP contribution in [0.1, 0.15) is 11.1 Å². The standard InChI is InChI=1S/C23H19F4N9O2/c24-16-1-3-18(20(26)5-16)22(7-34-13-28-10-31-34,8-35-14-29-11-32-35)38-23(37,9-36-15-30-12-33-36)19-4-2-17(25)6-21(19)27/h1-6,10-15,37H,7-9H2. The highest BCUT2D eigenvalue weighted by Gasteiger charge is 2.48. The predicted octanol–water partition coefficient (Wildman–Crippen LogP) is 2.18. The number of nitrogens with zero attached hydrogens (tertiary/aromatic N) is 9. The van der Waals surface area contributed by atoms with E-state index in [9.17, 15) is 13.9 Å². The average molecular weight is 529 g/mol. The Morgan fingerprint density at radius 2 is 1.11 bits per heavy atom. The van der Waals surface area contributed by atoms with E-state index in [2.05, 4.69) is 30.2 Å². The molecule has 5 rings (SSSR count). The molecule has 3 aromatic heterocycles. The molecule has 11 nitrogen and oxygen atoms in total. The maximum absolute atomic E-state index is 15.4. The highest BCUT2D eigenvalue weighted by molar-refractivity contribution is 5.28. The first-order chi connectivity index (χ1) is 18.3. The maximum atomic E-state index is 15.4. The smallest absolute Gasteiger partial charge is 0.216 e. The summed E-state index contributed by atoms with van der Waals surface area (Å²) >= 11 is 0. The van der Waals surface area contributed by atoms with Crippen LogP contribution in [-0.2, 0) is 35.8 Å². The number of aliphatic hydroxyl groups is 1. The van der Waals surface area contributed by atoms with Crippen molar-refractivity contribution in [2.75, 3.05) is 0 Å². The van der Waals surface area contributed by atoms with Gasteiger partial charge in [-0.3, -0.25) is 0 Å². The Labute approximate surface area is 212 Å². The lowest BCUT2D eigenvalue weighted by atomic mass is 9.91. The van der Waals surface area contributed by atoms with E-state index in [0.717, 1.165) is 28.9 Å². The molecule has 0 aliphatic heterocycles. The normalized spacial score (nSPS) is 13.5. The summed E-state index contributed by atoms with van der Waals surface area (Å²) in [4.78, 5) is 11.6. The van der Waals surface area contributed by atoms with Crippen LogP contribution in [0.15, 0.2) is 74.4 Å². The second-order valence-corrected chi connectivity index (χ2v) is 8.41. The summed E-state index contributed by atoms with van der Waals surface area (Å²) in [6, 6.07) is 5.29. The topological polar surface area (TPSA) is 122 Å². The first kappa shape index (κ1) is 25.2. The predicted molar refractivity (Wildman–Crippen MR) is 119 cm³/mol. The van der Waals surface area contributed by atoms with Crippen molar-refractivity contribution < 1.29 is 27.4 Å². The molecule has 0 bridgehead atoms. The lowest BCUT2D eigenvalue weighted by Crippen LogP contribution is -2.49. The Kier molecular flexibility index (Phi) is 6.69. The zero-order valence-corrected chi connectivity index (χ0v) is 19.4. The first-order valence-electron chi connectivity index (χ1n) is 11.1. The maximum Gasteiger partial charge on any atom is 0.216 e. The second-order valence-electron chi connectivity index (χ2n) is 8.41. The van der Waals surface area contributed by atoms with Crippen molar-refractivity contribution in [1.29, 1.82) is 0 Å². The van der Waals surface area contributed by atoms with Crippen LogP contribution < -0.4 is 0 Å². The van der Waals surface area contributed by atoms with Crippen molar-refractivity contribution in [3.05, 3.63) is 109 Å². The molecule has 15 heteroatoms. The Morgan fingerprint density at radius 1 is 0.658 bits per heavy atom. The van der Waals surface area contributed by atoms with Crippen LogP contribution in [0.25, 0.3) is 0 Å². The average Bonchev–Trinajstić information content (AvgIpc) is 3.63. The minimum Gasteiger partial charge on any atom is -0.360 e. The molecule has 0 saturated heterocycles. The van der Waals surface area contributed by atoms with Crippen LogP contribution in [0.3, 0.4) is 0 Å². The molecule has 1 N–H and O–H groups in total. The summed E-state index contributed by atoms with van der Waals surface area (Å²) in [7, 11) is 0. The molecule has 196 valence electrons. The fourth-order valence-electron chi connectivity index (χ4n) is 4.19. The van der Waals surface area contributed by atoms with E-state index in [0.29, 0.717) is 12.1 Å². The van der Waals surface area contributed by atoms with Crippen LogP contribution in [0, 0.1) is 23.3 Å². The van der Waals surface area contributed by atoms with Gasteiger partial charge in [0.05, 0.1) is 13.1 Å². The largest absolute Gasteiger partial charge is 0.360 e. The van der Waals surface area contributed by atoms with E-state index >= 15 is 8.78 Å². The minimum absolute atomic E-state index is 0.218. The molecule has 1 unspecified atom stereocenters. The fourth-order valence-corrected chi connectivity index (χ4v) is 4.19. The Balaban J connectivity index is 1.72. The molecule has 0 fully saturated rings.